The van der Waals surface area contributed by atoms with E-state index in [1.807, 2.05) is 0 Å². The highest BCUT2D eigenvalue weighted by Crippen LogP contribution is 2.26. The van der Waals surface area contributed by atoms with Gasteiger partial charge in [0.15, 0.2) is 0 Å². The van der Waals surface area contributed by atoms with Crippen molar-refractivity contribution in [3.63, 3.8) is 0 Å². The van der Waals surface area contributed by atoms with Gasteiger partial charge in [0, 0.05) is 11.1 Å². The van der Waals surface area contributed by atoms with E-state index in [-0.39, 0.29) is 27.5 Å². The van der Waals surface area contributed by atoms with E-state index in [0.29, 0.717) is 5.56 Å². The van der Waals surface area contributed by atoms with E-state index >= 15 is 0 Å². The molecule has 1 aromatic carbocycles. The average Bonchev–Trinajstić information content (AvgIpc) is 2.72. The lowest BCUT2D eigenvalue weighted by molar-refractivity contribution is -0.390. The van der Waals surface area contributed by atoms with Gasteiger partial charge < -0.3 is 10.1 Å². The van der Waals surface area contributed by atoms with E-state index in [2.05, 4.69) is 21.0 Å². The highest BCUT2D eigenvalue weighted by Gasteiger charge is 2.21. The van der Waals surface area contributed by atoms with Crippen LogP contribution in [0.4, 0.5) is 11.5 Å². The zero-order valence-corrected chi connectivity index (χ0v) is 12.0. The van der Waals surface area contributed by atoms with Crippen LogP contribution in [-0.2, 0) is 6.54 Å². The third kappa shape index (κ3) is 2.94. The second kappa shape index (κ2) is 5.55. The highest BCUT2D eigenvalue weighted by molar-refractivity contribution is 9.10. The fourth-order valence-corrected chi connectivity index (χ4v) is 2.23. The molecular formula is C10H6BrClN4O4. The zero-order valence-electron chi connectivity index (χ0n) is 9.69. The van der Waals surface area contributed by atoms with Crippen LogP contribution in [0, 0.1) is 20.2 Å². The standard InChI is InChI=1S/C10H6BrClN4O4/c11-8-5-14(13-10(8)16(19)20)4-6-1-2-7(12)3-9(6)15(17)18/h1-3,5H,4H2. The van der Waals surface area contributed by atoms with Crippen molar-refractivity contribution in [1.82, 2.24) is 9.78 Å². The van der Waals surface area contributed by atoms with Crippen LogP contribution in [0.1, 0.15) is 5.56 Å². The van der Waals surface area contributed by atoms with Crippen LogP contribution in [-0.4, -0.2) is 19.6 Å². The first-order chi connectivity index (χ1) is 9.38. The van der Waals surface area contributed by atoms with Gasteiger partial charge >= 0.3 is 5.82 Å². The fourth-order valence-electron chi connectivity index (χ4n) is 1.61. The van der Waals surface area contributed by atoms with Gasteiger partial charge in [0.05, 0.1) is 28.3 Å². The van der Waals surface area contributed by atoms with Crippen molar-refractivity contribution >= 4 is 39.0 Å². The van der Waals surface area contributed by atoms with Crippen LogP contribution >= 0.6 is 27.5 Å². The Morgan fingerprint density at radius 3 is 2.55 bits per heavy atom. The molecule has 2 aromatic rings. The molecule has 0 aliphatic rings. The van der Waals surface area contributed by atoms with E-state index < -0.39 is 9.85 Å². The van der Waals surface area contributed by atoms with Crippen molar-refractivity contribution in [3.8, 4) is 0 Å². The molecule has 1 heterocycles. The zero-order chi connectivity index (χ0) is 14.9. The molecule has 1 aromatic heterocycles. The quantitative estimate of drug-likeness (QED) is 0.614. The second-order valence-corrected chi connectivity index (χ2v) is 5.08. The maximum atomic E-state index is 10.9. The second-order valence-electron chi connectivity index (χ2n) is 3.79. The summed E-state index contributed by atoms with van der Waals surface area (Å²) in [6, 6.07) is 4.22. The third-order valence-electron chi connectivity index (χ3n) is 2.45. The first kappa shape index (κ1) is 14.4. The van der Waals surface area contributed by atoms with Gasteiger partial charge in [-0.1, -0.05) is 11.6 Å². The summed E-state index contributed by atoms with van der Waals surface area (Å²) >= 11 is 8.72. The van der Waals surface area contributed by atoms with Crippen molar-refractivity contribution in [2.24, 2.45) is 0 Å². The van der Waals surface area contributed by atoms with E-state index in [0.717, 1.165) is 0 Å². The van der Waals surface area contributed by atoms with Gasteiger partial charge in [0.25, 0.3) is 5.69 Å². The lowest BCUT2D eigenvalue weighted by atomic mass is 10.2. The predicted octanol–water partition coefficient (Wildman–Crippen LogP) is 3.16. The summed E-state index contributed by atoms with van der Waals surface area (Å²) in [6.07, 6.45) is 1.39. The smallest absolute Gasteiger partial charge is 0.358 e. The maximum absolute atomic E-state index is 10.9. The molecule has 0 atom stereocenters. The molecular weight excluding hydrogens is 355 g/mol. The van der Waals surface area contributed by atoms with Crippen molar-refractivity contribution in [3.05, 3.63) is 59.7 Å². The van der Waals surface area contributed by atoms with Gasteiger partial charge in [0.1, 0.15) is 4.47 Å². The molecule has 0 N–H and O–H groups in total. The molecule has 8 nitrogen and oxygen atoms in total. The molecule has 0 amide bonds. The number of hydrogen-bond donors (Lipinski definition) is 0. The number of nitro groups is 2. The van der Waals surface area contributed by atoms with Gasteiger partial charge in [0.2, 0.25) is 0 Å². The van der Waals surface area contributed by atoms with E-state index in [1.54, 1.807) is 0 Å². The van der Waals surface area contributed by atoms with Crippen LogP contribution in [0.25, 0.3) is 0 Å². The summed E-state index contributed by atoms with van der Waals surface area (Å²) in [7, 11) is 0. The number of aromatic nitrogens is 2. The number of nitrogens with zero attached hydrogens (tertiary/aromatic N) is 4. The number of nitro benzene ring substituents is 1. The van der Waals surface area contributed by atoms with Crippen LogP contribution in [0.15, 0.2) is 28.9 Å². The number of halogens is 2. The lowest BCUT2D eigenvalue weighted by Gasteiger charge is -2.01. The monoisotopic (exact) mass is 360 g/mol. The van der Waals surface area contributed by atoms with Crippen LogP contribution in [0.2, 0.25) is 5.02 Å². The van der Waals surface area contributed by atoms with Crippen LogP contribution < -0.4 is 0 Å². The van der Waals surface area contributed by atoms with Gasteiger partial charge in [-0.3, -0.25) is 10.1 Å². The molecule has 0 radical (unpaired) electrons. The summed E-state index contributed by atoms with van der Waals surface area (Å²) in [4.78, 5) is 20.4. The van der Waals surface area contributed by atoms with Crippen molar-refractivity contribution in [2.75, 3.05) is 0 Å². The Bertz CT molecular complexity index is 703. The normalized spacial score (nSPS) is 10.5. The summed E-state index contributed by atoms with van der Waals surface area (Å²) in [5.41, 5.74) is 0.191. The third-order valence-corrected chi connectivity index (χ3v) is 3.24. The van der Waals surface area contributed by atoms with Gasteiger partial charge in [-0.2, -0.15) is 4.68 Å². The molecule has 10 heteroatoms. The van der Waals surface area contributed by atoms with E-state index in [1.165, 1.54) is 29.1 Å². The van der Waals surface area contributed by atoms with Gasteiger partial charge in [-0.25, -0.2) is 0 Å². The summed E-state index contributed by atoms with van der Waals surface area (Å²) in [5.74, 6) is -0.346. The van der Waals surface area contributed by atoms with Crippen molar-refractivity contribution in [1.29, 1.82) is 0 Å². The SMILES string of the molecule is O=[N+]([O-])c1cc(Cl)ccc1Cn1cc(Br)c([N+](=O)[O-])n1. The molecule has 20 heavy (non-hydrogen) atoms. The summed E-state index contributed by atoms with van der Waals surface area (Å²) < 4.78 is 1.46. The molecule has 2 rings (SSSR count). The minimum atomic E-state index is -0.642. The largest absolute Gasteiger partial charge is 0.404 e. The molecule has 0 fully saturated rings. The first-order valence-electron chi connectivity index (χ1n) is 5.18. The van der Waals surface area contributed by atoms with Crippen molar-refractivity contribution in [2.45, 2.75) is 6.54 Å². The lowest BCUT2D eigenvalue weighted by Crippen LogP contribution is -2.04. The molecule has 0 aliphatic heterocycles. The Balaban J connectivity index is 2.37. The average molecular weight is 362 g/mol. The molecule has 0 spiro atoms. The minimum Gasteiger partial charge on any atom is -0.358 e. The van der Waals surface area contributed by atoms with Crippen LogP contribution in [0.3, 0.4) is 0 Å². The Hall–Kier alpha value is -2.00. The Morgan fingerprint density at radius 1 is 1.30 bits per heavy atom. The van der Waals surface area contributed by atoms with Gasteiger partial charge in [-0.15, -0.1) is 0 Å². The number of benzene rings is 1. The van der Waals surface area contributed by atoms with Crippen LogP contribution in [0.5, 0.6) is 0 Å². The van der Waals surface area contributed by atoms with Gasteiger partial charge in [-0.05, 0) is 33.0 Å². The highest BCUT2D eigenvalue weighted by atomic mass is 79.9. The Morgan fingerprint density at radius 2 is 2.00 bits per heavy atom. The summed E-state index contributed by atoms with van der Waals surface area (Å²) in [5, 5.41) is 25.6. The topological polar surface area (TPSA) is 104 Å². The van der Waals surface area contributed by atoms with E-state index in [9.17, 15) is 20.2 Å². The number of rotatable bonds is 4. The molecule has 0 aliphatic carbocycles. The fraction of sp³-hybridized carbons (Fsp3) is 0.100. The first-order valence-corrected chi connectivity index (χ1v) is 6.35. The number of hydrogen-bond acceptors (Lipinski definition) is 5. The minimum absolute atomic E-state index is 0.0277. The van der Waals surface area contributed by atoms with E-state index in [4.69, 9.17) is 11.6 Å². The maximum Gasteiger partial charge on any atom is 0.404 e. The molecule has 0 unspecified atom stereocenters. The Kier molecular flexibility index (Phi) is 4.00. The molecule has 0 bridgehead atoms. The molecule has 0 saturated carbocycles. The molecule has 104 valence electrons. The molecule has 0 saturated heterocycles. The van der Waals surface area contributed by atoms with Crippen molar-refractivity contribution < 1.29 is 9.85 Å². The summed E-state index contributed by atoms with van der Waals surface area (Å²) in [6.45, 7) is 0.0277. The predicted molar refractivity (Wildman–Crippen MR) is 73.8 cm³/mol. The Labute approximate surface area is 125 Å².